The molecule has 0 aliphatic heterocycles. The van der Waals surface area contributed by atoms with Crippen LogP contribution in [0, 0.1) is 39.4 Å². The van der Waals surface area contributed by atoms with Crippen molar-refractivity contribution in [2.24, 2.45) is 39.4 Å². The number of hydrogen-bond donors (Lipinski definition) is 2. The standard InChI is InChI=1S/C23H36O5/c1-6-20(3)12-21(4)15-8-10-23(13(2)18(20)27)9-7-14(25)17(23)22(15,5)19(21)28-16(26)11-24/h13,15,17-19,24,27H,6-12H2,1-5H3/t13-,15?,17?,18?,19+,20+,21?,22?,23?/m0/s1. The van der Waals surface area contributed by atoms with Crippen molar-refractivity contribution in [3.05, 3.63) is 0 Å². The summed E-state index contributed by atoms with van der Waals surface area (Å²) in [7, 11) is 0. The second-order valence-electron chi connectivity index (χ2n) is 11.0. The summed E-state index contributed by atoms with van der Waals surface area (Å²) in [4.78, 5) is 25.4. The van der Waals surface area contributed by atoms with Gasteiger partial charge in [0.25, 0.3) is 0 Å². The van der Waals surface area contributed by atoms with E-state index in [0.29, 0.717) is 12.3 Å². The number of hydrogen-bond acceptors (Lipinski definition) is 5. The molecule has 5 rings (SSSR count). The predicted molar refractivity (Wildman–Crippen MR) is 104 cm³/mol. The zero-order chi connectivity index (χ0) is 20.7. The monoisotopic (exact) mass is 392 g/mol. The molecule has 0 aromatic heterocycles. The first-order chi connectivity index (χ1) is 13.0. The molecule has 9 atom stereocenters. The van der Waals surface area contributed by atoms with E-state index in [0.717, 1.165) is 32.1 Å². The Hall–Kier alpha value is -0.940. The lowest BCUT2D eigenvalue weighted by Gasteiger charge is -2.72. The van der Waals surface area contributed by atoms with Crippen LogP contribution >= 0.6 is 0 Å². The minimum atomic E-state index is -0.638. The number of carbonyl (C=O) groups is 2. The average molecular weight is 393 g/mol. The summed E-state index contributed by atoms with van der Waals surface area (Å²) >= 11 is 0. The molecule has 0 saturated heterocycles. The highest BCUT2D eigenvalue weighted by atomic mass is 16.6. The van der Waals surface area contributed by atoms with Crippen LogP contribution in [0.5, 0.6) is 0 Å². The SMILES string of the molecule is CC[C@]1(C)CC2(C)C3CCC4(CCC(=O)C4C3(C)[C@@H]2OC(=O)CO)[C@@H](C)C1O. The fraction of sp³-hybridized carbons (Fsp3) is 0.913. The number of ether oxygens (including phenoxy) is 1. The van der Waals surface area contributed by atoms with Crippen LogP contribution in [0.4, 0.5) is 0 Å². The number of carbonyl (C=O) groups excluding carboxylic acids is 2. The maximum atomic E-state index is 13.2. The van der Waals surface area contributed by atoms with Crippen molar-refractivity contribution in [3.63, 3.8) is 0 Å². The minimum Gasteiger partial charge on any atom is -0.459 e. The third-order valence-corrected chi connectivity index (χ3v) is 10.0. The second-order valence-corrected chi connectivity index (χ2v) is 11.0. The Balaban J connectivity index is 1.92. The van der Waals surface area contributed by atoms with Gasteiger partial charge in [-0.15, -0.1) is 0 Å². The van der Waals surface area contributed by atoms with Gasteiger partial charge in [0, 0.05) is 23.2 Å². The molecule has 0 heterocycles. The van der Waals surface area contributed by atoms with Crippen LogP contribution < -0.4 is 0 Å². The third kappa shape index (κ3) is 2.15. The molecule has 0 aromatic rings. The van der Waals surface area contributed by atoms with Gasteiger partial charge in [-0.1, -0.05) is 34.6 Å². The zero-order valence-electron chi connectivity index (χ0n) is 18.0. The molecule has 5 aliphatic carbocycles. The molecule has 5 nitrogen and oxygen atoms in total. The molecule has 28 heavy (non-hydrogen) atoms. The van der Waals surface area contributed by atoms with Gasteiger partial charge in [0.1, 0.15) is 18.5 Å². The number of fused-ring (bicyclic) bond motifs is 4. The molecule has 6 unspecified atom stereocenters. The maximum Gasteiger partial charge on any atom is 0.332 e. The highest BCUT2D eigenvalue weighted by molar-refractivity contribution is 5.86. The molecular weight excluding hydrogens is 356 g/mol. The van der Waals surface area contributed by atoms with Crippen molar-refractivity contribution in [1.29, 1.82) is 0 Å². The maximum absolute atomic E-state index is 13.2. The Morgan fingerprint density at radius 1 is 1.25 bits per heavy atom. The summed E-state index contributed by atoms with van der Waals surface area (Å²) < 4.78 is 5.89. The second kappa shape index (κ2) is 6.04. The van der Waals surface area contributed by atoms with E-state index in [4.69, 9.17) is 4.74 Å². The van der Waals surface area contributed by atoms with Crippen LogP contribution in [0.15, 0.2) is 0 Å². The highest BCUT2D eigenvalue weighted by Crippen LogP contribution is 2.78. The molecule has 2 N–H and O–H groups in total. The van der Waals surface area contributed by atoms with Crippen molar-refractivity contribution < 1.29 is 24.5 Å². The molecule has 0 aromatic carbocycles. The molecule has 5 aliphatic rings. The van der Waals surface area contributed by atoms with E-state index >= 15 is 0 Å². The molecule has 0 radical (unpaired) electrons. The number of aliphatic hydroxyl groups excluding tert-OH is 2. The van der Waals surface area contributed by atoms with E-state index in [-0.39, 0.29) is 40.0 Å². The van der Waals surface area contributed by atoms with Crippen molar-refractivity contribution in [1.82, 2.24) is 0 Å². The van der Waals surface area contributed by atoms with Crippen LogP contribution in [0.25, 0.3) is 0 Å². The van der Waals surface area contributed by atoms with E-state index in [1.807, 2.05) is 0 Å². The van der Waals surface area contributed by atoms with Crippen LogP contribution in [0.3, 0.4) is 0 Å². The molecule has 5 fully saturated rings. The highest BCUT2D eigenvalue weighted by Gasteiger charge is 2.79. The smallest absolute Gasteiger partial charge is 0.332 e. The summed E-state index contributed by atoms with van der Waals surface area (Å²) in [5.74, 6) is -0.182. The molecule has 0 amide bonds. The fourth-order valence-corrected chi connectivity index (χ4v) is 8.89. The van der Waals surface area contributed by atoms with Crippen molar-refractivity contribution in [2.75, 3.05) is 6.61 Å². The van der Waals surface area contributed by atoms with Gasteiger partial charge in [0.05, 0.1) is 6.10 Å². The number of esters is 1. The quantitative estimate of drug-likeness (QED) is 0.721. The Kier molecular flexibility index (Phi) is 4.39. The summed E-state index contributed by atoms with van der Waals surface area (Å²) in [5.41, 5.74) is -1.20. The van der Waals surface area contributed by atoms with Gasteiger partial charge in [-0.2, -0.15) is 0 Å². The van der Waals surface area contributed by atoms with E-state index in [9.17, 15) is 19.8 Å². The molecule has 5 heteroatoms. The Morgan fingerprint density at radius 2 is 1.93 bits per heavy atom. The van der Waals surface area contributed by atoms with E-state index < -0.39 is 24.1 Å². The first-order valence-corrected chi connectivity index (χ1v) is 11.0. The molecule has 5 saturated carbocycles. The molecule has 1 spiro atoms. The number of Topliss-reactive ketones (excluding diaryl/α,β-unsaturated/α-hetero) is 1. The van der Waals surface area contributed by atoms with Gasteiger partial charge in [-0.25, -0.2) is 4.79 Å². The van der Waals surface area contributed by atoms with Crippen LogP contribution in [0.1, 0.15) is 73.1 Å². The van der Waals surface area contributed by atoms with Gasteiger partial charge in [0.2, 0.25) is 0 Å². The average Bonchev–Trinajstić information content (AvgIpc) is 3.03. The van der Waals surface area contributed by atoms with Crippen molar-refractivity contribution >= 4 is 11.8 Å². The number of rotatable bonds is 3. The summed E-state index contributed by atoms with van der Waals surface area (Å²) in [6.45, 7) is 10.1. The normalized spacial score (nSPS) is 55.0. The largest absolute Gasteiger partial charge is 0.459 e. The topological polar surface area (TPSA) is 83.8 Å². The Bertz CT molecular complexity index is 705. The predicted octanol–water partition coefficient (Wildman–Crippen LogP) is 3.11. The number of aliphatic hydroxyl groups is 2. The van der Waals surface area contributed by atoms with Crippen molar-refractivity contribution in [2.45, 2.75) is 85.4 Å². The molecule has 158 valence electrons. The van der Waals surface area contributed by atoms with Crippen LogP contribution in [-0.2, 0) is 14.3 Å². The number of ketones is 1. The van der Waals surface area contributed by atoms with E-state index in [2.05, 4.69) is 34.6 Å². The Morgan fingerprint density at radius 3 is 2.54 bits per heavy atom. The van der Waals surface area contributed by atoms with Crippen molar-refractivity contribution in [3.8, 4) is 0 Å². The van der Waals surface area contributed by atoms with E-state index in [1.54, 1.807) is 0 Å². The summed E-state index contributed by atoms with van der Waals surface area (Å²) in [6.07, 6.45) is 4.10. The Labute approximate surface area is 168 Å². The summed E-state index contributed by atoms with van der Waals surface area (Å²) in [6, 6.07) is 0. The van der Waals surface area contributed by atoms with Crippen LogP contribution in [-0.4, -0.2) is 40.8 Å². The van der Waals surface area contributed by atoms with Gasteiger partial charge >= 0.3 is 5.97 Å². The summed E-state index contributed by atoms with van der Waals surface area (Å²) in [5, 5.41) is 20.9. The van der Waals surface area contributed by atoms with E-state index in [1.165, 1.54) is 0 Å². The third-order valence-electron chi connectivity index (χ3n) is 10.0. The lowest BCUT2D eigenvalue weighted by molar-refractivity contribution is -0.295. The lowest BCUT2D eigenvalue weighted by Crippen LogP contribution is -2.74. The van der Waals surface area contributed by atoms with Gasteiger partial charge in [-0.05, 0) is 54.8 Å². The van der Waals surface area contributed by atoms with Gasteiger partial charge < -0.3 is 14.9 Å². The zero-order valence-corrected chi connectivity index (χ0v) is 18.0. The molecular formula is C23H36O5. The fourth-order valence-electron chi connectivity index (χ4n) is 8.89. The lowest BCUT2D eigenvalue weighted by atomic mass is 9.33. The minimum absolute atomic E-state index is 0.0313. The van der Waals surface area contributed by atoms with Gasteiger partial charge in [-0.3, -0.25) is 4.79 Å². The first kappa shape index (κ1) is 20.3. The molecule has 4 bridgehead atoms. The first-order valence-electron chi connectivity index (χ1n) is 11.0. The van der Waals surface area contributed by atoms with Gasteiger partial charge in [0.15, 0.2) is 0 Å². The van der Waals surface area contributed by atoms with Crippen LogP contribution in [0.2, 0.25) is 0 Å².